The Hall–Kier alpha value is -3.12. The highest BCUT2D eigenvalue weighted by atomic mass is 16.5. The molecule has 6 unspecified atom stereocenters. The molecule has 2 aromatic rings. The van der Waals surface area contributed by atoms with Crippen molar-refractivity contribution in [2.45, 2.75) is 57.1 Å². The van der Waals surface area contributed by atoms with Crippen LogP contribution in [0.5, 0.6) is 0 Å². The van der Waals surface area contributed by atoms with E-state index >= 15 is 0 Å². The molecule has 0 saturated carbocycles. The van der Waals surface area contributed by atoms with Gasteiger partial charge in [0.25, 0.3) is 0 Å². The predicted octanol–water partition coefficient (Wildman–Crippen LogP) is -0.951. The maximum Gasteiger partial charge on any atom is 0.226 e. The molecule has 6 atom stereocenters. The van der Waals surface area contributed by atoms with Crippen LogP contribution in [-0.4, -0.2) is 81.4 Å². The highest BCUT2D eigenvalue weighted by Crippen LogP contribution is 2.19. The van der Waals surface area contributed by atoms with E-state index in [1.807, 2.05) is 0 Å². The Labute approximate surface area is 210 Å². The molecule has 2 rings (SSSR count). The van der Waals surface area contributed by atoms with Gasteiger partial charge in [0.05, 0.1) is 30.7 Å². The van der Waals surface area contributed by atoms with E-state index in [9.17, 15) is 30.0 Å². The lowest BCUT2D eigenvalue weighted by Crippen LogP contribution is -2.59. The van der Waals surface area contributed by atoms with Crippen molar-refractivity contribution in [1.82, 2.24) is 20.6 Å². The van der Waals surface area contributed by atoms with E-state index in [4.69, 9.17) is 4.74 Å². The lowest BCUT2D eigenvalue weighted by Gasteiger charge is -2.35. The minimum atomic E-state index is -1.61. The maximum atomic E-state index is 13.2. The third-order valence-electron chi connectivity index (χ3n) is 5.99. The molecule has 0 aliphatic heterocycles. The van der Waals surface area contributed by atoms with Crippen molar-refractivity contribution in [3.05, 3.63) is 60.2 Å². The SMILES string of the molecule is COCC(O)C(C(=O)NC(Cc1ccncc1)C(O)C(O)C(Cc1ccncc1)NC(=O)[O-])C(C)C. The summed E-state index contributed by atoms with van der Waals surface area (Å²) in [4.78, 5) is 32.4. The molecule has 0 aliphatic carbocycles. The van der Waals surface area contributed by atoms with Gasteiger partial charge in [0.2, 0.25) is 5.91 Å². The summed E-state index contributed by atoms with van der Waals surface area (Å²) < 4.78 is 5.00. The van der Waals surface area contributed by atoms with Gasteiger partial charge in [-0.1, -0.05) is 13.8 Å². The lowest BCUT2D eigenvalue weighted by atomic mass is 9.87. The van der Waals surface area contributed by atoms with E-state index in [-0.39, 0.29) is 25.4 Å². The number of hydrogen-bond acceptors (Lipinski definition) is 9. The second-order valence-electron chi connectivity index (χ2n) is 9.05. The maximum absolute atomic E-state index is 13.2. The number of aliphatic hydroxyl groups excluding tert-OH is 3. The van der Waals surface area contributed by atoms with Gasteiger partial charge < -0.3 is 40.6 Å². The predicted molar refractivity (Wildman–Crippen MR) is 128 cm³/mol. The number of rotatable bonds is 14. The molecule has 0 spiro atoms. The topological polar surface area (TPSA) is 177 Å². The summed E-state index contributed by atoms with van der Waals surface area (Å²) in [6.45, 7) is 3.50. The quantitative estimate of drug-likeness (QED) is 0.217. The van der Waals surface area contributed by atoms with Gasteiger partial charge >= 0.3 is 0 Å². The molecule has 2 amide bonds. The average Bonchev–Trinajstić information content (AvgIpc) is 2.83. The molecule has 198 valence electrons. The molecular formula is C25H35N4O7-. The van der Waals surface area contributed by atoms with Crippen molar-refractivity contribution in [3.8, 4) is 0 Å². The Bertz CT molecular complexity index is 933. The van der Waals surface area contributed by atoms with Crippen LogP contribution < -0.4 is 15.7 Å². The second kappa shape index (κ2) is 14.4. The standard InChI is InChI=1S/C25H36N4O7/c1-15(2)21(20(30)14-36-3)24(33)28-18(12-16-4-8-26-9-5-16)22(31)23(32)19(29-25(34)35)13-17-6-10-27-11-7-17/h4-11,15,18-23,29-32H,12-14H2,1-3H3,(H,28,33)(H,34,35)/p-1. The van der Waals surface area contributed by atoms with Crippen molar-refractivity contribution >= 4 is 12.0 Å². The van der Waals surface area contributed by atoms with E-state index in [1.165, 1.54) is 19.5 Å². The summed E-state index contributed by atoms with van der Waals surface area (Å²) in [5.74, 6) is -1.63. The highest BCUT2D eigenvalue weighted by molar-refractivity contribution is 5.80. The summed E-state index contributed by atoms with van der Waals surface area (Å²) >= 11 is 0. The van der Waals surface area contributed by atoms with Gasteiger partial charge in [0, 0.05) is 31.9 Å². The molecule has 0 aliphatic rings. The van der Waals surface area contributed by atoms with Gasteiger partial charge in [0.1, 0.15) is 18.3 Å². The second-order valence-corrected chi connectivity index (χ2v) is 9.05. The number of aliphatic hydroxyl groups is 3. The fourth-order valence-electron chi connectivity index (χ4n) is 4.16. The third-order valence-corrected chi connectivity index (χ3v) is 5.99. The number of nitrogens with one attached hydrogen (secondary N) is 2. The van der Waals surface area contributed by atoms with Crippen molar-refractivity contribution in [1.29, 1.82) is 0 Å². The normalized spacial score (nSPS) is 16.4. The van der Waals surface area contributed by atoms with Crippen molar-refractivity contribution < 1.29 is 34.8 Å². The van der Waals surface area contributed by atoms with Crippen LogP contribution in [0.25, 0.3) is 0 Å². The zero-order chi connectivity index (χ0) is 26.7. The zero-order valence-corrected chi connectivity index (χ0v) is 20.7. The van der Waals surface area contributed by atoms with Gasteiger partial charge in [-0.25, -0.2) is 0 Å². The number of carboxylic acid groups (broad SMARTS) is 1. The van der Waals surface area contributed by atoms with E-state index in [0.717, 1.165) is 5.56 Å². The number of nitrogens with zero attached hydrogens (tertiary/aromatic N) is 2. The average molecular weight is 504 g/mol. The van der Waals surface area contributed by atoms with Crippen LogP contribution in [0.15, 0.2) is 49.1 Å². The van der Waals surface area contributed by atoms with Crippen LogP contribution in [0.1, 0.15) is 25.0 Å². The molecule has 2 aromatic heterocycles. The van der Waals surface area contributed by atoms with Crippen LogP contribution in [0, 0.1) is 11.8 Å². The van der Waals surface area contributed by atoms with E-state index in [2.05, 4.69) is 20.6 Å². The monoisotopic (exact) mass is 503 g/mol. The number of amides is 2. The van der Waals surface area contributed by atoms with E-state index in [0.29, 0.717) is 5.56 Å². The van der Waals surface area contributed by atoms with Crippen LogP contribution in [0.2, 0.25) is 0 Å². The Morgan fingerprint density at radius 1 is 0.889 bits per heavy atom. The largest absolute Gasteiger partial charge is 0.530 e. The zero-order valence-electron chi connectivity index (χ0n) is 20.7. The number of carbonyl (C=O) groups excluding carboxylic acids is 2. The number of methoxy groups -OCH3 is 1. The number of ether oxygens (including phenoxy) is 1. The third kappa shape index (κ3) is 8.83. The molecule has 0 saturated heterocycles. The summed E-state index contributed by atoms with van der Waals surface area (Å²) in [7, 11) is 1.41. The smallest absolute Gasteiger partial charge is 0.226 e. The first-order chi connectivity index (χ1) is 17.1. The molecule has 0 aromatic carbocycles. The molecule has 11 nitrogen and oxygen atoms in total. The van der Waals surface area contributed by atoms with Gasteiger partial charge in [0.15, 0.2) is 0 Å². The van der Waals surface area contributed by atoms with Gasteiger partial charge in [-0.05, 0) is 54.2 Å². The van der Waals surface area contributed by atoms with Gasteiger partial charge in [-0.3, -0.25) is 14.8 Å². The number of pyridine rings is 2. The number of carbonyl (C=O) groups is 2. The summed E-state index contributed by atoms with van der Waals surface area (Å²) in [6.07, 6.45) is 0.445. The number of aromatic nitrogens is 2. The molecule has 11 heteroatoms. The number of hydrogen-bond donors (Lipinski definition) is 5. The highest BCUT2D eigenvalue weighted by Gasteiger charge is 2.37. The van der Waals surface area contributed by atoms with Crippen LogP contribution in [0.3, 0.4) is 0 Å². The van der Waals surface area contributed by atoms with Crippen molar-refractivity contribution in [3.63, 3.8) is 0 Å². The van der Waals surface area contributed by atoms with Crippen LogP contribution in [-0.2, 0) is 22.4 Å². The Kier molecular flexibility index (Phi) is 11.7. The van der Waals surface area contributed by atoms with Crippen molar-refractivity contribution in [2.75, 3.05) is 13.7 Å². The Morgan fingerprint density at radius 3 is 1.72 bits per heavy atom. The van der Waals surface area contributed by atoms with E-state index < -0.39 is 48.3 Å². The summed E-state index contributed by atoms with van der Waals surface area (Å²) in [6, 6.07) is 4.56. The van der Waals surface area contributed by atoms with Crippen LogP contribution >= 0.6 is 0 Å². The minimum Gasteiger partial charge on any atom is -0.530 e. The molecular weight excluding hydrogens is 468 g/mol. The molecule has 36 heavy (non-hydrogen) atoms. The fourth-order valence-corrected chi connectivity index (χ4v) is 4.16. The van der Waals surface area contributed by atoms with Crippen LogP contribution in [0.4, 0.5) is 4.79 Å². The lowest BCUT2D eigenvalue weighted by molar-refractivity contribution is -0.252. The van der Waals surface area contributed by atoms with Crippen molar-refractivity contribution in [2.24, 2.45) is 11.8 Å². The first-order valence-corrected chi connectivity index (χ1v) is 11.7. The van der Waals surface area contributed by atoms with Gasteiger partial charge in [-0.2, -0.15) is 0 Å². The Morgan fingerprint density at radius 2 is 1.33 bits per heavy atom. The first-order valence-electron chi connectivity index (χ1n) is 11.7. The van der Waals surface area contributed by atoms with E-state index in [1.54, 1.807) is 50.5 Å². The van der Waals surface area contributed by atoms with Gasteiger partial charge in [-0.15, -0.1) is 0 Å². The first kappa shape index (κ1) is 29.1. The molecule has 0 fully saturated rings. The summed E-state index contributed by atoms with van der Waals surface area (Å²) in [5.41, 5.74) is 1.39. The molecule has 0 radical (unpaired) electrons. The Balaban J connectivity index is 2.31. The molecule has 5 N–H and O–H groups in total. The summed E-state index contributed by atoms with van der Waals surface area (Å²) in [5, 5.41) is 48.9. The minimum absolute atomic E-state index is 0.0474. The molecule has 0 bridgehead atoms. The fraction of sp³-hybridized carbons (Fsp3) is 0.520. The molecule has 2 heterocycles.